The molecule has 2 atom stereocenters. The SMILES string of the molecule is CC(C)C1CCCCC1C(=O)c1ccn(C)n1. The van der Waals surface area contributed by atoms with Crippen molar-refractivity contribution in [3.63, 3.8) is 0 Å². The van der Waals surface area contributed by atoms with Crippen LogP contribution in [0.1, 0.15) is 50.0 Å². The highest BCUT2D eigenvalue weighted by atomic mass is 16.1. The first-order valence-electron chi connectivity index (χ1n) is 6.63. The first-order chi connectivity index (χ1) is 8.09. The fourth-order valence-electron chi connectivity index (χ4n) is 3.02. The van der Waals surface area contributed by atoms with E-state index in [4.69, 9.17) is 0 Å². The van der Waals surface area contributed by atoms with E-state index < -0.39 is 0 Å². The Labute approximate surface area is 103 Å². The van der Waals surface area contributed by atoms with E-state index in [1.807, 2.05) is 19.3 Å². The normalized spacial score (nSPS) is 25.2. The summed E-state index contributed by atoms with van der Waals surface area (Å²) in [5.41, 5.74) is 0.644. The Balaban J connectivity index is 2.16. The van der Waals surface area contributed by atoms with E-state index in [-0.39, 0.29) is 11.7 Å². The zero-order chi connectivity index (χ0) is 12.4. The molecule has 0 N–H and O–H groups in total. The highest BCUT2D eigenvalue weighted by Gasteiger charge is 2.33. The minimum Gasteiger partial charge on any atom is -0.292 e. The molecule has 1 fully saturated rings. The molecule has 2 unspecified atom stereocenters. The first-order valence-corrected chi connectivity index (χ1v) is 6.63. The van der Waals surface area contributed by atoms with Gasteiger partial charge in [0.05, 0.1) is 0 Å². The number of Topliss-reactive ketones (excluding diaryl/α,β-unsaturated/α-hetero) is 1. The van der Waals surface area contributed by atoms with E-state index in [9.17, 15) is 4.79 Å². The van der Waals surface area contributed by atoms with Crippen LogP contribution in [0.5, 0.6) is 0 Å². The largest absolute Gasteiger partial charge is 0.292 e. The maximum atomic E-state index is 12.5. The fourth-order valence-corrected chi connectivity index (χ4v) is 3.02. The molecule has 2 rings (SSSR count). The molecule has 0 bridgehead atoms. The number of nitrogens with zero attached hydrogens (tertiary/aromatic N) is 2. The van der Waals surface area contributed by atoms with Crippen LogP contribution in [0.2, 0.25) is 0 Å². The molecule has 17 heavy (non-hydrogen) atoms. The maximum Gasteiger partial charge on any atom is 0.186 e. The smallest absolute Gasteiger partial charge is 0.186 e. The second-order valence-electron chi connectivity index (χ2n) is 5.54. The number of carbonyl (C=O) groups excluding carboxylic acids is 1. The summed E-state index contributed by atoms with van der Waals surface area (Å²) in [6.45, 7) is 4.46. The van der Waals surface area contributed by atoms with Crippen LogP contribution in [0.4, 0.5) is 0 Å². The van der Waals surface area contributed by atoms with Crippen LogP contribution in [0.15, 0.2) is 12.3 Å². The summed E-state index contributed by atoms with van der Waals surface area (Å²) in [5.74, 6) is 1.58. The van der Waals surface area contributed by atoms with Gasteiger partial charge in [-0.2, -0.15) is 5.10 Å². The Morgan fingerprint density at radius 2 is 2.12 bits per heavy atom. The average molecular weight is 234 g/mol. The van der Waals surface area contributed by atoms with Crippen LogP contribution >= 0.6 is 0 Å². The molecule has 3 heteroatoms. The zero-order valence-electron chi connectivity index (χ0n) is 11.0. The van der Waals surface area contributed by atoms with E-state index >= 15 is 0 Å². The molecule has 0 aliphatic heterocycles. The zero-order valence-corrected chi connectivity index (χ0v) is 11.0. The maximum absolute atomic E-state index is 12.5. The highest BCUT2D eigenvalue weighted by molar-refractivity contribution is 5.96. The van der Waals surface area contributed by atoms with Crippen molar-refractivity contribution < 1.29 is 4.79 Å². The Kier molecular flexibility index (Phi) is 3.65. The van der Waals surface area contributed by atoms with Gasteiger partial charge in [-0.3, -0.25) is 9.48 Å². The van der Waals surface area contributed by atoms with Gasteiger partial charge in [-0.05, 0) is 30.7 Å². The van der Waals surface area contributed by atoms with Gasteiger partial charge >= 0.3 is 0 Å². The van der Waals surface area contributed by atoms with Crippen LogP contribution in [-0.2, 0) is 7.05 Å². The van der Waals surface area contributed by atoms with Crippen LogP contribution in [0.3, 0.4) is 0 Å². The third-order valence-electron chi connectivity index (χ3n) is 3.98. The molecule has 0 spiro atoms. The summed E-state index contributed by atoms with van der Waals surface area (Å²) >= 11 is 0. The lowest BCUT2D eigenvalue weighted by atomic mass is 9.71. The predicted molar refractivity (Wildman–Crippen MR) is 67.8 cm³/mol. The van der Waals surface area contributed by atoms with E-state index in [1.54, 1.807) is 4.68 Å². The monoisotopic (exact) mass is 234 g/mol. The molecule has 1 aromatic rings. The Bertz CT molecular complexity index is 395. The number of ketones is 1. The van der Waals surface area contributed by atoms with Crippen molar-refractivity contribution in [2.45, 2.75) is 39.5 Å². The molecule has 0 saturated heterocycles. The lowest BCUT2D eigenvalue weighted by molar-refractivity contribution is 0.0770. The van der Waals surface area contributed by atoms with Crippen molar-refractivity contribution in [1.82, 2.24) is 9.78 Å². The van der Waals surface area contributed by atoms with Gasteiger partial charge in [-0.25, -0.2) is 0 Å². The van der Waals surface area contributed by atoms with E-state index in [0.717, 1.165) is 6.42 Å². The summed E-state index contributed by atoms with van der Waals surface area (Å²) in [6.07, 6.45) is 6.54. The van der Waals surface area contributed by atoms with Gasteiger partial charge in [0.25, 0.3) is 0 Å². The topological polar surface area (TPSA) is 34.9 Å². The summed E-state index contributed by atoms with van der Waals surface area (Å²) in [7, 11) is 1.86. The molecule has 1 aliphatic carbocycles. The van der Waals surface area contributed by atoms with Crippen molar-refractivity contribution in [2.75, 3.05) is 0 Å². The van der Waals surface area contributed by atoms with Crippen molar-refractivity contribution in [3.8, 4) is 0 Å². The summed E-state index contributed by atoms with van der Waals surface area (Å²) in [5, 5.41) is 4.25. The van der Waals surface area contributed by atoms with Crippen LogP contribution in [0, 0.1) is 17.8 Å². The van der Waals surface area contributed by atoms with E-state index in [2.05, 4.69) is 18.9 Å². The molecule has 1 aromatic heterocycles. The molecule has 1 heterocycles. The van der Waals surface area contributed by atoms with Gasteiger partial charge in [0, 0.05) is 19.2 Å². The lowest BCUT2D eigenvalue weighted by Gasteiger charge is -2.32. The van der Waals surface area contributed by atoms with Gasteiger partial charge in [0.15, 0.2) is 5.78 Å². The summed E-state index contributed by atoms with van der Waals surface area (Å²) in [6, 6.07) is 1.84. The van der Waals surface area contributed by atoms with Gasteiger partial charge < -0.3 is 0 Å². The number of carbonyl (C=O) groups is 1. The second kappa shape index (κ2) is 5.03. The van der Waals surface area contributed by atoms with E-state index in [0.29, 0.717) is 17.5 Å². The van der Waals surface area contributed by atoms with Crippen molar-refractivity contribution >= 4 is 5.78 Å². The van der Waals surface area contributed by atoms with E-state index in [1.165, 1.54) is 19.3 Å². The Morgan fingerprint density at radius 1 is 1.41 bits per heavy atom. The van der Waals surface area contributed by atoms with Crippen LogP contribution < -0.4 is 0 Å². The third kappa shape index (κ3) is 2.59. The standard InChI is InChI=1S/C14H22N2O/c1-10(2)11-6-4-5-7-12(11)14(17)13-8-9-16(3)15-13/h8-12H,4-7H2,1-3H3. The van der Waals surface area contributed by atoms with Crippen molar-refractivity contribution in [1.29, 1.82) is 0 Å². The first kappa shape index (κ1) is 12.3. The Morgan fingerprint density at radius 3 is 2.71 bits per heavy atom. The molecule has 94 valence electrons. The van der Waals surface area contributed by atoms with Crippen molar-refractivity contribution in [2.24, 2.45) is 24.8 Å². The molecule has 0 radical (unpaired) electrons. The average Bonchev–Trinajstić information content (AvgIpc) is 2.75. The molecule has 1 saturated carbocycles. The molecule has 0 aromatic carbocycles. The molecular formula is C14H22N2O. The van der Waals surface area contributed by atoms with Crippen LogP contribution in [-0.4, -0.2) is 15.6 Å². The second-order valence-corrected chi connectivity index (χ2v) is 5.54. The number of hydrogen-bond donors (Lipinski definition) is 0. The summed E-state index contributed by atoms with van der Waals surface area (Å²) in [4.78, 5) is 12.5. The van der Waals surface area contributed by atoms with Gasteiger partial charge in [0.1, 0.15) is 5.69 Å². The summed E-state index contributed by atoms with van der Waals surface area (Å²) < 4.78 is 1.71. The number of aromatic nitrogens is 2. The van der Waals surface area contributed by atoms with Gasteiger partial charge in [-0.1, -0.05) is 26.7 Å². The minimum atomic E-state index is 0.193. The quantitative estimate of drug-likeness (QED) is 0.753. The molecular weight excluding hydrogens is 212 g/mol. The number of aryl methyl sites for hydroxylation is 1. The number of rotatable bonds is 3. The Hall–Kier alpha value is -1.12. The number of hydrogen-bond acceptors (Lipinski definition) is 2. The minimum absolute atomic E-state index is 0.193. The van der Waals surface area contributed by atoms with Crippen molar-refractivity contribution in [3.05, 3.63) is 18.0 Å². The predicted octanol–water partition coefficient (Wildman–Crippen LogP) is 3.07. The molecule has 0 amide bonds. The lowest BCUT2D eigenvalue weighted by Crippen LogP contribution is -2.31. The van der Waals surface area contributed by atoms with Crippen LogP contribution in [0.25, 0.3) is 0 Å². The highest BCUT2D eigenvalue weighted by Crippen LogP contribution is 2.36. The van der Waals surface area contributed by atoms with Gasteiger partial charge in [0.2, 0.25) is 0 Å². The van der Waals surface area contributed by atoms with Gasteiger partial charge in [-0.15, -0.1) is 0 Å². The fraction of sp³-hybridized carbons (Fsp3) is 0.714. The molecule has 1 aliphatic rings. The third-order valence-corrected chi connectivity index (χ3v) is 3.98. The molecule has 3 nitrogen and oxygen atoms in total.